The Balaban J connectivity index is 2.20. The zero-order chi connectivity index (χ0) is 26.8. The largest absolute Gasteiger partial charge is 0.464 e. The number of amides is 1. The summed E-state index contributed by atoms with van der Waals surface area (Å²) in [5.74, 6) is -4.09. The van der Waals surface area contributed by atoms with Gasteiger partial charge in [0.15, 0.2) is 5.78 Å². The molecule has 1 amide bonds. The zero-order valence-corrected chi connectivity index (χ0v) is 21.2. The third-order valence-corrected chi connectivity index (χ3v) is 6.03. The van der Waals surface area contributed by atoms with Gasteiger partial charge in [0, 0.05) is 23.5 Å². The molecule has 0 fully saturated rings. The van der Waals surface area contributed by atoms with E-state index < -0.39 is 29.3 Å². The van der Waals surface area contributed by atoms with Crippen molar-refractivity contribution in [2.24, 2.45) is 0 Å². The number of hydrogen-bond donors (Lipinski definition) is 1. The van der Waals surface area contributed by atoms with E-state index in [1.54, 1.807) is 86.6 Å². The molecule has 0 heterocycles. The minimum absolute atomic E-state index is 0.0470. The molecule has 0 bridgehead atoms. The molecule has 0 saturated heterocycles. The Hall–Kier alpha value is -4.26. The average molecular weight is 502 g/mol. The van der Waals surface area contributed by atoms with Gasteiger partial charge in [0.2, 0.25) is 5.54 Å². The van der Waals surface area contributed by atoms with Gasteiger partial charge in [-0.25, -0.2) is 9.59 Å². The summed E-state index contributed by atoms with van der Waals surface area (Å²) in [5.41, 5.74) is -0.184. The van der Waals surface area contributed by atoms with Crippen LogP contribution in [-0.4, -0.2) is 42.4 Å². The molecule has 1 unspecified atom stereocenters. The first-order valence-electron chi connectivity index (χ1n) is 12.2. The number of aryl methyl sites for hydroxylation is 1. The molecule has 0 aliphatic rings. The van der Waals surface area contributed by atoms with Crippen LogP contribution in [0.4, 0.5) is 0 Å². The van der Waals surface area contributed by atoms with Crippen LogP contribution in [0.25, 0.3) is 0 Å². The van der Waals surface area contributed by atoms with Crippen molar-refractivity contribution in [3.8, 4) is 0 Å². The Morgan fingerprint density at radius 3 is 1.76 bits per heavy atom. The Kier molecular flexibility index (Phi) is 9.33. The number of benzene rings is 3. The topological polar surface area (TPSA) is 98.8 Å². The summed E-state index contributed by atoms with van der Waals surface area (Å²) in [6.07, 6.45) is -0.264. The van der Waals surface area contributed by atoms with E-state index in [4.69, 9.17) is 9.47 Å². The first-order chi connectivity index (χ1) is 17.8. The zero-order valence-electron chi connectivity index (χ0n) is 21.2. The summed E-state index contributed by atoms with van der Waals surface area (Å²) in [5, 5.41) is 2.64. The van der Waals surface area contributed by atoms with Crippen molar-refractivity contribution >= 4 is 23.6 Å². The van der Waals surface area contributed by atoms with Gasteiger partial charge in [-0.2, -0.15) is 0 Å². The molecule has 3 rings (SSSR count). The van der Waals surface area contributed by atoms with Gasteiger partial charge in [-0.3, -0.25) is 9.59 Å². The number of nitrogens with one attached hydrogen (secondary N) is 1. The molecule has 0 radical (unpaired) electrons. The average Bonchev–Trinajstić information content (AvgIpc) is 2.92. The van der Waals surface area contributed by atoms with Crippen molar-refractivity contribution in [2.45, 2.75) is 38.6 Å². The maximum absolute atomic E-state index is 13.7. The van der Waals surface area contributed by atoms with Crippen LogP contribution in [0.5, 0.6) is 0 Å². The standard InChI is InChI=1S/C30H31NO6/c1-4-36-28(34)30(29(35)37-5-2,31-27(33)24-14-10-7-11-15-24)25(22-12-8-6-9-13-22)20-26(32)23-18-16-21(3)17-19-23/h6-19,25H,4-5,20H2,1-3H3,(H,31,33). The van der Waals surface area contributed by atoms with E-state index in [9.17, 15) is 19.2 Å². The monoisotopic (exact) mass is 501 g/mol. The molecule has 7 heteroatoms. The molecule has 0 saturated carbocycles. The van der Waals surface area contributed by atoms with Crippen molar-refractivity contribution in [3.05, 3.63) is 107 Å². The number of Topliss-reactive ketones (excluding diaryl/α,β-unsaturated/α-hetero) is 1. The fourth-order valence-electron chi connectivity index (χ4n) is 4.14. The van der Waals surface area contributed by atoms with E-state index in [0.29, 0.717) is 11.1 Å². The number of ketones is 1. The third-order valence-electron chi connectivity index (χ3n) is 6.03. The van der Waals surface area contributed by atoms with Gasteiger partial charge in [-0.1, -0.05) is 78.4 Å². The van der Waals surface area contributed by atoms with E-state index >= 15 is 0 Å². The van der Waals surface area contributed by atoms with Gasteiger partial charge in [-0.15, -0.1) is 0 Å². The second kappa shape index (κ2) is 12.6. The van der Waals surface area contributed by atoms with Gasteiger partial charge in [-0.05, 0) is 38.5 Å². The van der Waals surface area contributed by atoms with Crippen LogP contribution in [-0.2, 0) is 19.1 Å². The first kappa shape index (κ1) is 27.3. The van der Waals surface area contributed by atoms with Crippen molar-refractivity contribution < 1.29 is 28.7 Å². The number of rotatable bonds is 11. The summed E-state index contributed by atoms with van der Waals surface area (Å²) in [6.45, 7) is 5.01. The highest BCUT2D eigenvalue weighted by Gasteiger charge is 2.57. The van der Waals surface area contributed by atoms with E-state index in [0.717, 1.165) is 5.56 Å². The van der Waals surface area contributed by atoms with E-state index in [-0.39, 0.29) is 31.0 Å². The van der Waals surface area contributed by atoms with E-state index in [1.807, 2.05) is 19.1 Å². The van der Waals surface area contributed by atoms with Gasteiger partial charge in [0.05, 0.1) is 13.2 Å². The second-order valence-electron chi connectivity index (χ2n) is 8.53. The van der Waals surface area contributed by atoms with E-state index in [2.05, 4.69) is 5.32 Å². The summed E-state index contributed by atoms with van der Waals surface area (Å²) in [6, 6.07) is 23.9. The summed E-state index contributed by atoms with van der Waals surface area (Å²) < 4.78 is 10.7. The molecule has 0 aromatic heterocycles. The van der Waals surface area contributed by atoms with Crippen molar-refractivity contribution in [3.63, 3.8) is 0 Å². The summed E-state index contributed by atoms with van der Waals surface area (Å²) in [7, 11) is 0. The second-order valence-corrected chi connectivity index (χ2v) is 8.53. The summed E-state index contributed by atoms with van der Waals surface area (Å²) in [4.78, 5) is 54.2. The lowest BCUT2D eigenvalue weighted by Gasteiger charge is -2.37. The molecule has 192 valence electrons. The fourth-order valence-corrected chi connectivity index (χ4v) is 4.14. The van der Waals surface area contributed by atoms with Gasteiger partial charge in [0.25, 0.3) is 5.91 Å². The molecule has 3 aromatic rings. The molecule has 37 heavy (non-hydrogen) atoms. The maximum atomic E-state index is 13.7. The lowest BCUT2D eigenvalue weighted by atomic mass is 9.75. The van der Waals surface area contributed by atoms with Crippen LogP contribution in [0, 0.1) is 6.92 Å². The Morgan fingerprint density at radius 1 is 0.730 bits per heavy atom. The lowest BCUT2D eigenvalue weighted by molar-refractivity contribution is -0.167. The summed E-state index contributed by atoms with van der Waals surface area (Å²) >= 11 is 0. The Bertz CT molecular complexity index is 1200. The van der Waals surface area contributed by atoms with Crippen LogP contribution in [0.1, 0.15) is 58.0 Å². The number of esters is 2. The first-order valence-corrected chi connectivity index (χ1v) is 12.2. The van der Waals surface area contributed by atoms with Crippen LogP contribution in [0.2, 0.25) is 0 Å². The number of carbonyl (C=O) groups is 4. The Labute approximate surface area is 216 Å². The molecular weight excluding hydrogens is 470 g/mol. The van der Waals surface area contributed by atoms with Gasteiger partial charge in [0.1, 0.15) is 0 Å². The van der Waals surface area contributed by atoms with E-state index in [1.165, 1.54) is 0 Å². The molecule has 1 atom stereocenters. The SMILES string of the molecule is CCOC(=O)C(NC(=O)c1ccccc1)(C(=O)OCC)C(CC(=O)c1ccc(C)cc1)c1ccccc1. The third kappa shape index (κ3) is 6.30. The van der Waals surface area contributed by atoms with Crippen LogP contribution >= 0.6 is 0 Å². The van der Waals surface area contributed by atoms with Crippen molar-refractivity contribution in [2.75, 3.05) is 13.2 Å². The molecular formula is C30H31NO6. The van der Waals surface area contributed by atoms with Crippen molar-refractivity contribution in [1.29, 1.82) is 0 Å². The highest BCUT2D eigenvalue weighted by Crippen LogP contribution is 2.36. The lowest BCUT2D eigenvalue weighted by Crippen LogP contribution is -2.65. The predicted octanol–water partition coefficient (Wildman–Crippen LogP) is 4.65. The highest BCUT2D eigenvalue weighted by atomic mass is 16.6. The molecule has 0 spiro atoms. The minimum atomic E-state index is -2.32. The van der Waals surface area contributed by atoms with Crippen LogP contribution in [0.15, 0.2) is 84.9 Å². The minimum Gasteiger partial charge on any atom is -0.464 e. The number of hydrogen-bond acceptors (Lipinski definition) is 6. The molecule has 1 N–H and O–H groups in total. The van der Waals surface area contributed by atoms with Crippen LogP contribution < -0.4 is 5.32 Å². The molecule has 7 nitrogen and oxygen atoms in total. The van der Waals surface area contributed by atoms with Gasteiger partial charge >= 0.3 is 11.9 Å². The van der Waals surface area contributed by atoms with Crippen LogP contribution in [0.3, 0.4) is 0 Å². The molecule has 3 aromatic carbocycles. The number of carbonyl (C=O) groups excluding carboxylic acids is 4. The van der Waals surface area contributed by atoms with Crippen molar-refractivity contribution in [1.82, 2.24) is 5.32 Å². The smallest absolute Gasteiger partial charge is 0.344 e. The molecule has 0 aliphatic carbocycles. The van der Waals surface area contributed by atoms with Gasteiger partial charge < -0.3 is 14.8 Å². The quantitative estimate of drug-likeness (QED) is 0.233. The predicted molar refractivity (Wildman–Crippen MR) is 139 cm³/mol. The fraction of sp³-hybridized carbons (Fsp3) is 0.267. The molecule has 0 aliphatic heterocycles. The highest BCUT2D eigenvalue weighted by molar-refractivity contribution is 6.12. The number of ether oxygens (including phenoxy) is 2. The maximum Gasteiger partial charge on any atom is 0.344 e. The Morgan fingerprint density at radius 2 is 1.24 bits per heavy atom. The normalized spacial score (nSPS) is 11.8.